The minimum atomic E-state index is -1.12. The van der Waals surface area contributed by atoms with Gasteiger partial charge in [-0.3, -0.25) is 9.59 Å². The molecule has 0 radical (unpaired) electrons. The number of carbonyl (C=O) groups excluding carboxylic acids is 2. The van der Waals surface area contributed by atoms with Gasteiger partial charge in [-0.2, -0.15) is 0 Å². The summed E-state index contributed by atoms with van der Waals surface area (Å²) in [6, 6.07) is -1.01. The molecule has 36 heavy (non-hydrogen) atoms. The first-order chi connectivity index (χ1) is 17.0. The molecule has 0 bridgehead atoms. The Morgan fingerprint density at radius 2 is 1.89 bits per heavy atom. The van der Waals surface area contributed by atoms with Gasteiger partial charge in [-0.1, -0.05) is 24.6 Å². The highest BCUT2D eigenvalue weighted by atomic mass is 16.6. The van der Waals surface area contributed by atoms with E-state index in [0.717, 1.165) is 44.2 Å². The zero-order valence-electron chi connectivity index (χ0n) is 21.7. The number of carboxylic acid groups (broad SMARTS) is 1. The Morgan fingerprint density at radius 3 is 2.61 bits per heavy atom. The van der Waals surface area contributed by atoms with E-state index < -0.39 is 24.0 Å². The van der Waals surface area contributed by atoms with Crippen LogP contribution in [0.25, 0.3) is 0 Å². The van der Waals surface area contributed by atoms with E-state index in [4.69, 9.17) is 4.84 Å². The van der Waals surface area contributed by atoms with Crippen LogP contribution >= 0.6 is 0 Å². The van der Waals surface area contributed by atoms with Gasteiger partial charge in [0.05, 0.1) is 11.8 Å². The summed E-state index contributed by atoms with van der Waals surface area (Å²) in [5, 5.41) is 23.3. The molecule has 1 aliphatic heterocycles. The number of β-amino-alcohol motifs (C(OH)–C–C–N with tert-alkyl or cyclic N) is 1. The molecule has 2 N–H and O–H groups in total. The van der Waals surface area contributed by atoms with Crippen molar-refractivity contribution in [2.75, 3.05) is 13.2 Å². The number of aliphatic carboxylic acids is 1. The molecular formula is C28H40N2O6. The van der Waals surface area contributed by atoms with Gasteiger partial charge in [0.1, 0.15) is 11.8 Å². The summed E-state index contributed by atoms with van der Waals surface area (Å²) in [7, 11) is 0. The second-order valence-electron chi connectivity index (χ2n) is 12.4. The van der Waals surface area contributed by atoms with Crippen molar-refractivity contribution >= 4 is 23.4 Å². The number of Topliss-reactive ketones (excluding diaryl/α,β-unsaturated/α-hetero) is 1. The first-order valence-corrected chi connectivity index (χ1v) is 13.6. The van der Waals surface area contributed by atoms with Crippen LogP contribution in [-0.2, 0) is 19.2 Å². The average molecular weight is 501 g/mol. The highest BCUT2D eigenvalue weighted by Gasteiger charge is 2.59. The van der Waals surface area contributed by atoms with Gasteiger partial charge in [-0.15, -0.1) is 0 Å². The lowest BCUT2D eigenvalue weighted by Crippen LogP contribution is -2.51. The smallest absolute Gasteiger partial charge is 0.326 e. The Labute approximate surface area is 213 Å². The summed E-state index contributed by atoms with van der Waals surface area (Å²) in [6.07, 6.45) is 9.94. The van der Waals surface area contributed by atoms with Crippen LogP contribution in [0.5, 0.6) is 0 Å². The van der Waals surface area contributed by atoms with Gasteiger partial charge in [-0.25, -0.2) is 4.79 Å². The van der Waals surface area contributed by atoms with Crippen molar-refractivity contribution in [3.05, 3.63) is 11.6 Å². The molecule has 4 fully saturated rings. The minimum Gasteiger partial charge on any atom is -0.480 e. The highest BCUT2D eigenvalue weighted by molar-refractivity contribution is 5.96. The fourth-order valence-corrected chi connectivity index (χ4v) is 8.89. The lowest BCUT2D eigenvalue weighted by molar-refractivity contribution is -0.150. The van der Waals surface area contributed by atoms with Crippen LogP contribution in [0.4, 0.5) is 0 Å². The van der Waals surface area contributed by atoms with Crippen molar-refractivity contribution in [1.29, 1.82) is 0 Å². The molecule has 0 aromatic carbocycles. The maximum atomic E-state index is 12.5. The number of allylic oxidation sites excluding steroid dienone is 2. The number of carbonyl (C=O) groups is 3. The van der Waals surface area contributed by atoms with E-state index >= 15 is 0 Å². The van der Waals surface area contributed by atoms with Gasteiger partial charge in [0.15, 0.2) is 6.61 Å². The number of nitrogens with zero attached hydrogens (tertiary/aromatic N) is 2. The second-order valence-corrected chi connectivity index (χ2v) is 12.4. The van der Waals surface area contributed by atoms with Crippen molar-refractivity contribution in [1.82, 2.24) is 4.90 Å². The molecule has 4 aliphatic carbocycles. The number of ketones is 1. The second kappa shape index (κ2) is 9.26. The van der Waals surface area contributed by atoms with E-state index in [2.05, 4.69) is 25.1 Å². The number of amides is 1. The third-order valence-corrected chi connectivity index (χ3v) is 10.7. The summed E-state index contributed by atoms with van der Waals surface area (Å²) < 4.78 is 0. The van der Waals surface area contributed by atoms with Crippen LogP contribution in [0.3, 0.4) is 0 Å². The first kappa shape index (κ1) is 25.4. The van der Waals surface area contributed by atoms with E-state index in [9.17, 15) is 24.6 Å². The van der Waals surface area contributed by atoms with Crippen molar-refractivity contribution in [2.24, 2.45) is 39.7 Å². The van der Waals surface area contributed by atoms with Crippen molar-refractivity contribution < 1.29 is 29.4 Å². The molecule has 0 aromatic heterocycles. The Morgan fingerprint density at radius 1 is 1.11 bits per heavy atom. The number of hydrogen-bond acceptors (Lipinski definition) is 6. The van der Waals surface area contributed by atoms with Gasteiger partial charge in [0.2, 0.25) is 0 Å². The third kappa shape index (κ3) is 4.09. The number of hydrogen-bond donors (Lipinski definition) is 2. The van der Waals surface area contributed by atoms with Crippen LogP contribution in [-0.4, -0.2) is 63.8 Å². The quantitative estimate of drug-likeness (QED) is 0.558. The number of fused-ring (bicyclic) bond motifs is 5. The molecular weight excluding hydrogens is 460 g/mol. The summed E-state index contributed by atoms with van der Waals surface area (Å²) >= 11 is 0. The fourth-order valence-electron chi connectivity index (χ4n) is 8.89. The van der Waals surface area contributed by atoms with Crippen LogP contribution in [0.15, 0.2) is 16.8 Å². The van der Waals surface area contributed by atoms with Crippen molar-refractivity contribution in [3.63, 3.8) is 0 Å². The van der Waals surface area contributed by atoms with Crippen LogP contribution < -0.4 is 0 Å². The number of aliphatic hydroxyl groups excluding tert-OH is 1. The van der Waals surface area contributed by atoms with Crippen molar-refractivity contribution in [2.45, 2.75) is 90.7 Å². The Balaban J connectivity index is 1.24. The molecule has 0 spiro atoms. The van der Waals surface area contributed by atoms with Crippen LogP contribution in [0, 0.1) is 34.5 Å². The molecule has 6 unspecified atom stereocenters. The molecule has 198 valence electrons. The Hall–Kier alpha value is -2.22. The third-order valence-electron chi connectivity index (χ3n) is 10.7. The van der Waals surface area contributed by atoms with E-state index in [1.807, 2.05) is 0 Å². The predicted octanol–water partition coefficient (Wildman–Crippen LogP) is 3.57. The average Bonchev–Trinajstić information content (AvgIpc) is 3.39. The highest BCUT2D eigenvalue weighted by Crippen LogP contribution is 2.66. The summed E-state index contributed by atoms with van der Waals surface area (Å²) in [6.45, 7) is 6.26. The van der Waals surface area contributed by atoms with E-state index in [0.29, 0.717) is 23.5 Å². The maximum Gasteiger partial charge on any atom is 0.326 e. The van der Waals surface area contributed by atoms with Crippen molar-refractivity contribution in [3.8, 4) is 0 Å². The number of carboxylic acids is 1. The zero-order chi connectivity index (χ0) is 25.8. The number of likely N-dealkylation sites (tertiary alicyclic amines) is 1. The largest absolute Gasteiger partial charge is 0.480 e. The van der Waals surface area contributed by atoms with Gasteiger partial charge < -0.3 is 20.0 Å². The SMILES string of the molecule is CC(=O)C1CCC2C3CCC4=C/C(=N/OCC(=O)N5CC(O)CC5C(=O)O)CC[C@]4(C)C3CC[C@]12C. The monoisotopic (exact) mass is 500 g/mol. The Kier molecular flexibility index (Phi) is 6.54. The van der Waals surface area contributed by atoms with Gasteiger partial charge >= 0.3 is 5.97 Å². The number of aliphatic hydroxyl groups is 1. The van der Waals surface area contributed by atoms with E-state index in [1.54, 1.807) is 6.92 Å². The lowest BCUT2D eigenvalue weighted by Gasteiger charge is -2.58. The van der Waals surface area contributed by atoms with Gasteiger partial charge in [0.25, 0.3) is 5.91 Å². The molecule has 5 rings (SSSR count). The molecule has 3 saturated carbocycles. The Bertz CT molecular complexity index is 1010. The molecule has 1 saturated heterocycles. The topological polar surface area (TPSA) is 117 Å². The molecule has 0 aromatic rings. The van der Waals surface area contributed by atoms with E-state index in [1.165, 1.54) is 23.3 Å². The van der Waals surface area contributed by atoms with Crippen LogP contribution in [0.2, 0.25) is 0 Å². The number of rotatable bonds is 5. The molecule has 8 nitrogen and oxygen atoms in total. The summed E-state index contributed by atoms with van der Waals surface area (Å²) in [5.41, 5.74) is 2.58. The normalized spacial score (nSPS) is 42.8. The first-order valence-electron chi connectivity index (χ1n) is 13.6. The molecule has 5 aliphatic rings. The van der Waals surface area contributed by atoms with Gasteiger partial charge in [0, 0.05) is 18.9 Å². The fraction of sp³-hybridized carbons (Fsp3) is 0.786. The molecule has 1 heterocycles. The zero-order valence-corrected chi connectivity index (χ0v) is 21.7. The molecule has 8 heteroatoms. The standard InChI is InChI=1S/C28H40N2O6/c1-16(31)21-6-7-22-20-5-4-17-12-18(8-10-27(17,2)23(20)9-11-28(21,22)3)29-36-15-25(33)30-14-19(32)13-24(30)26(34)35/h12,19-24,32H,4-11,13-15H2,1-3H3,(H,34,35)/b29-18+/t19?,20?,21?,22?,23?,24?,27-,28+/m0/s1. The summed E-state index contributed by atoms with van der Waals surface area (Å²) in [4.78, 5) is 42.8. The van der Waals surface area contributed by atoms with E-state index in [-0.39, 0.29) is 36.3 Å². The van der Waals surface area contributed by atoms with Crippen LogP contribution in [0.1, 0.15) is 78.6 Å². The minimum absolute atomic E-state index is 0.00783. The molecule has 8 atom stereocenters. The van der Waals surface area contributed by atoms with Gasteiger partial charge in [-0.05, 0) is 93.0 Å². The predicted molar refractivity (Wildman–Crippen MR) is 133 cm³/mol. The molecule has 1 amide bonds. The lowest BCUT2D eigenvalue weighted by atomic mass is 9.46. The number of oxime groups is 1. The summed E-state index contributed by atoms with van der Waals surface area (Å²) in [5.74, 6) is 0.982. The maximum absolute atomic E-state index is 12.5.